The molecule has 0 spiro atoms. The van der Waals surface area contributed by atoms with Crippen LogP contribution < -0.4 is 0 Å². The van der Waals surface area contributed by atoms with Crippen molar-refractivity contribution in [1.29, 1.82) is 0 Å². The number of hydrogen-bond donors (Lipinski definition) is 0. The van der Waals surface area contributed by atoms with Crippen molar-refractivity contribution in [2.45, 2.75) is 59.0 Å². The van der Waals surface area contributed by atoms with Crippen molar-refractivity contribution in [2.24, 2.45) is 0 Å². The lowest BCUT2D eigenvalue weighted by atomic mass is 9.99. The second-order valence-electron chi connectivity index (χ2n) is 6.03. The van der Waals surface area contributed by atoms with Crippen LogP contribution in [0.2, 0.25) is 0 Å². The van der Waals surface area contributed by atoms with Gasteiger partial charge in [-0.2, -0.15) is 0 Å². The molecule has 0 aliphatic rings. The maximum absolute atomic E-state index is 12.5. The predicted octanol–water partition coefficient (Wildman–Crippen LogP) is -0.508. The fraction of sp³-hybridized carbons (Fsp3) is 0.667. The number of carbonyl (C=O) groups excluding carboxylic acids is 6. The number of ketones is 1. The molecule has 0 bridgehead atoms. The van der Waals surface area contributed by atoms with Crippen molar-refractivity contribution < 1.29 is 57.2 Å². The Hall–Kier alpha value is -3.02. The molecule has 30 heavy (non-hydrogen) atoms. The number of rotatable bonds is 12. The Bertz CT molecular complexity index is 656. The van der Waals surface area contributed by atoms with Crippen molar-refractivity contribution in [3.05, 3.63) is 0 Å². The molecule has 170 valence electrons. The molecule has 4 atom stereocenters. The van der Waals surface area contributed by atoms with E-state index in [1.807, 2.05) is 0 Å². The van der Waals surface area contributed by atoms with E-state index < -0.39 is 73.3 Å². The Morgan fingerprint density at radius 1 is 0.633 bits per heavy atom. The highest BCUT2D eigenvalue weighted by Gasteiger charge is 2.46. The van der Waals surface area contributed by atoms with Crippen molar-refractivity contribution in [2.75, 3.05) is 20.3 Å². The third-order valence-corrected chi connectivity index (χ3v) is 3.26. The number of Topliss-reactive ketones (excluding diaryl/α,β-unsaturated/α-hetero) is 1. The summed E-state index contributed by atoms with van der Waals surface area (Å²) in [6.45, 7) is 3.98. The molecule has 0 aromatic carbocycles. The molecule has 0 aromatic rings. The Morgan fingerprint density at radius 2 is 1.10 bits per heavy atom. The molecule has 0 amide bonds. The van der Waals surface area contributed by atoms with Crippen LogP contribution in [-0.4, -0.2) is 80.4 Å². The first-order chi connectivity index (χ1) is 13.9. The fourth-order valence-electron chi connectivity index (χ4n) is 2.37. The Morgan fingerprint density at radius 3 is 1.50 bits per heavy atom. The van der Waals surface area contributed by atoms with E-state index in [4.69, 9.17) is 28.4 Å². The molecule has 4 unspecified atom stereocenters. The van der Waals surface area contributed by atoms with E-state index in [0.717, 1.165) is 34.6 Å². The molecule has 0 aliphatic carbocycles. The molecule has 0 rings (SSSR count). The maximum Gasteiger partial charge on any atom is 0.303 e. The SMILES string of the molecule is COCC(=O)C(OC(C)=O)C(OC(C)=O)C(OC(C)=O)C(COC(C)=O)OC(C)=O. The zero-order chi connectivity index (χ0) is 23.4. The highest BCUT2D eigenvalue weighted by molar-refractivity contribution is 5.87. The van der Waals surface area contributed by atoms with Gasteiger partial charge in [-0.15, -0.1) is 0 Å². The van der Waals surface area contributed by atoms with Crippen LogP contribution in [0, 0.1) is 0 Å². The summed E-state index contributed by atoms with van der Waals surface area (Å²) in [7, 11) is 1.20. The van der Waals surface area contributed by atoms with E-state index in [1.165, 1.54) is 7.11 Å². The monoisotopic (exact) mass is 434 g/mol. The molecule has 0 radical (unpaired) electrons. The minimum Gasteiger partial charge on any atom is -0.462 e. The molecule has 0 saturated heterocycles. The second-order valence-corrected chi connectivity index (χ2v) is 6.03. The summed E-state index contributed by atoms with van der Waals surface area (Å²) in [5, 5.41) is 0. The standard InChI is InChI=1S/C18H26O12/c1-9(19)26-8-15(27-10(2)20)17(29-12(4)22)18(30-13(5)23)16(28-11(3)21)14(24)7-25-6/h15-18H,7-8H2,1-6H3. The average Bonchev–Trinajstić information content (AvgIpc) is 2.59. The lowest BCUT2D eigenvalue weighted by Gasteiger charge is -2.34. The number of ether oxygens (including phenoxy) is 6. The molecule has 12 nitrogen and oxygen atoms in total. The summed E-state index contributed by atoms with van der Waals surface area (Å²) in [5.41, 5.74) is 0. The van der Waals surface area contributed by atoms with Crippen molar-refractivity contribution in [3.8, 4) is 0 Å². The normalized spacial score (nSPS) is 14.3. The summed E-state index contributed by atoms with van der Waals surface area (Å²) in [5.74, 6) is -5.16. The fourth-order valence-corrected chi connectivity index (χ4v) is 2.37. The molecule has 12 heteroatoms. The van der Waals surface area contributed by atoms with Gasteiger partial charge in [0.25, 0.3) is 0 Å². The molecule has 0 N–H and O–H groups in total. The third kappa shape index (κ3) is 10.5. The minimum atomic E-state index is -1.77. The van der Waals surface area contributed by atoms with Crippen LogP contribution in [0.3, 0.4) is 0 Å². The zero-order valence-electron chi connectivity index (χ0n) is 17.6. The minimum absolute atomic E-state index is 0.537. The first-order valence-electron chi connectivity index (χ1n) is 8.72. The molecular weight excluding hydrogens is 408 g/mol. The Balaban J connectivity index is 6.34. The smallest absolute Gasteiger partial charge is 0.303 e. The van der Waals surface area contributed by atoms with Crippen molar-refractivity contribution in [3.63, 3.8) is 0 Å². The lowest BCUT2D eigenvalue weighted by molar-refractivity contribution is -0.203. The van der Waals surface area contributed by atoms with Crippen LogP contribution >= 0.6 is 0 Å². The molecule has 0 heterocycles. The molecule has 0 saturated carbocycles. The first kappa shape index (κ1) is 27.0. The van der Waals surface area contributed by atoms with E-state index >= 15 is 0 Å². The zero-order valence-corrected chi connectivity index (χ0v) is 17.6. The third-order valence-electron chi connectivity index (χ3n) is 3.26. The Labute approximate surface area is 173 Å². The van der Waals surface area contributed by atoms with Gasteiger partial charge in [0.2, 0.25) is 11.9 Å². The van der Waals surface area contributed by atoms with E-state index in [1.54, 1.807) is 0 Å². The van der Waals surface area contributed by atoms with Crippen molar-refractivity contribution in [1.82, 2.24) is 0 Å². The van der Waals surface area contributed by atoms with Crippen LogP contribution in [0.5, 0.6) is 0 Å². The molecular formula is C18H26O12. The highest BCUT2D eigenvalue weighted by Crippen LogP contribution is 2.21. The van der Waals surface area contributed by atoms with Gasteiger partial charge in [0.15, 0.2) is 18.3 Å². The van der Waals surface area contributed by atoms with Gasteiger partial charge in [-0.3, -0.25) is 28.8 Å². The second kappa shape index (κ2) is 13.2. The van der Waals surface area contributed by atoms with Crippen molar-refractivity contribution >= 4 is 35.6 Å². The van der Waals surface area contributed by atoms with Gasteiger partial charge >= 0.3 is 29.8 Å². The van der Waals surface area contributed by atoms with Crippen LogP contribution in [0.4, 0.5) is 0 Å². The largest absolute Gasteiger partial charge is 0.462 e. The van der Waals surface area contributed by atoms with E-state index in [0.29, 0.717) is 0 Å². The number of hydrogen-bond acceptors (Lipinski definition) is 12. The number of carbonyl (C=O) groups is 6. The van der Waals surface area contributed by atoms with Gasteiger partial charge < -0.3 is 28.4 Å². The van der Waals surface area contributed by atoms with Crippen LogP contribution in [0.15, 0.2) is 0 Å². The lowest BCUT2D eigenvalue weighted by Crippen LogP contribution is -2.55. The molecule has 0 aromatic heterocycles. The van der Waals surface area contributed by atoms with Gasteiger partial charge in [0.1, 0.15) is 13.2 Å². The summed E-state index contributed by atoms with van der Waals surface area (Å²) < 4.78 is 29.8. The van der Waals surface area contributed by atoms with Crippen LogP contribution in [0.25, 0.3) is 0 Å². The number of methoxy groups -OCH3 is 1. The Kier molecular flexibility index (Phi) is 11.9. The first-order valence-corrected chi connectivity index (χ1v) is 8.72. The van der Waals surface area contributed by atoms with E-state index in [9.17, 15) is 28.8 Å². The summed E-state index contributed by atoms with van der Waals surface area (Å²) in [6, 6.07) is 0. The van der Waals surface area contributed by atoms with Crippen LogP contribution in [-0.2, 0) is 57.2 Å². The van der Waals surface area contributed by atoms with Gasteiger partial charge in [-0.1, -0.05) is 0 Å². The average molecular weight is 434 g/mol. The van der Waals surface area contributed by atoms with Gasteiger partial charge in [0, 0.05) is 41.7 Å². The predicted molar refractivity (Wildman–Crippen MR) is 95.7 cm³/mol. The summed E-state index contributed by atoms with van der Waals surface area (Å²) in [6.07, 6.45) is -6.67. The summed E-state index contributed by atoms with van der Waals surface area (Å²) >= 11 is 0. The van der Waals surface area contributed by atoms with Gasteiger partial charge in [-0.25, -0.2) is 0 Å². The van der Waals surface area contributed by atoms with E-state index in [-0.39, 0.29) is 0 Å². The van der Waals surface area contributed by atoms with E-state index in [2.05, 4.69) is 0 Å². The van der Waals surface area contributed by atoms with Gasteiger partial charge in [0.05, 0.1) is 0 Å². The molecule has 0 fully saturated rings. The topological polar surface area (TPSA) is 158 Å². The van der Waals surface area contributed by atoms with Crippen LogP contribution in [0.1, 0.15) is 34.6 Å². The number of esters is 5. The summed E-state index contributed by atoms with van der Waals surface area (Å²) in [4.78, 5) is 70.1. The quantitative estimate of drug-likeness (QED) is 0.286. The molecule has 0 aliphatic heterocycles. The maximum atomic E-state index is 12.5. The highest BCUT2D eigenvalue weighted by atomic mass is 16.6. The van der Waals surface area contributed by atoms with Gasteiger partial charge in [-0.05, 0) is 0 Å².